The van der Waals surface area contributed by atoms with E-state index in [1.165, 1.54) is 34.6 Å². The number of rotatable bonds is 8. The fraction of sp³-hybridized carbons (Fsp3) is 0.900. The Bertz CT molecular complexity index is 404. The van der Waals surface area contributed by atoms with Crippen LogP contribution in [0.15, 0.2) is 0 Å². The van der Waals surface area contributed by atoms with Crippen molar-refractivity contribution in [2.45, 2.75) is 99.0 Å². The standard InChI is InChI=1S/C20H40OSiTe/c1-9-10-11-12-19-20(13-14-22(6,7)8)23(21-19,15-17(2)3)16-18(4)5/h17-20H,9-12,15-16H2,1-8H3/t19-,20+/m0/s1. The molecule has 2 atom stereocenters. The van der Waals surface area contributed by atoms with Crippen molar-refractivity contribution in [2.75, 3.05) is 0 Å². The summed E-state index contributed by atoms with van der Waals surface area (Å²) in [6, 6.07) is 0. The van der Waals surface area contributed by atoms with Gasteiger partial charge in [-0.1, -0.05) is 0 Å². The van der Waals surface area contributed by atoms with Gasteiger partial charge in [0.25, 0.3) is 0 Å². The molecule has 1 nitrogen and oxygen atoms in total. The van der Waals surface area contributed by atoms with Crippen LogP contribution >= 0.6 is 0 Å². The van der Waals surface area contributed by atoms with Gasteiger partial charge in [-0.2, -0.15) is 0 Å². The van der Waals surface area contributed by atoms with Gasteiger partial charge in [0.2, 0.25) is 0 Å². The van der Waals surface area contributed by atoms with Crippen LogP contribution in [0.1, 0.15) is 60.3 Å². The van der Waals surface area contributed by atoms with Crippen LogP contribution in [-0.2, 0) is 3.10 Å². The van der Waals surface area contributed by atoms with Gasteiger partial charge in [0, 0.05) is 0 Å². The first kappa shape index (κ1) is 21.6. The molecule has 3 heteroatoms. The molecule has 0 bridgehead atoms. The van der Waals surface area contributed by atoms with E-state index in [4.69, 9.17) is 3.10 Å². The average molecular weight is 452 g/mol. The van der Waals surface area contributed by atoms with E-state index >= 15 is 0 Å². The van der Waals surface area contributed by atoms with E-state index in [1.54, 1.807) is 0 Å². The molecule has 1 aliphatic heterocycles. The van der Waals surface area contributed by atoms with Gasteiger partial charge in [-0.3, -0.25) is 0 Å². The molecule has 1 heterocycles. The Kier molecular flexibility index (Phi) is 8.71. The summed E-state index contributed by atoms with van der Waals surface area (Å²) in [5, 5.41) is 0. The fourth-order valence-electron chi connectivity index (χ4n) is 3.34. The molecule has 1 fully saturated rings. The van der Waals surface area contributed by atoms with Crippen LogP contribution in [0, 0.1) is 23.3 Å². The molecule has 136 valence electrons. The van der Waals surface area contributed by atoms with Gasteiger partial charge >= 0.3 is 152 Å². The normalized spacial score (nSPS) is 25.0. The Balaban J connectivity index is 2.95. The van der Waals surface area contributed by atoms with E-state index in [2.05, 4.69) is 65.7 Å². The Morgan fingerprint density at radius 2 is 1.57 bits per heavy atom. The van der Waals surface area contributed by atoms with Crippen LogP contribution in [-0.4, -0.2) is 32.8 Å². The van der Waals surface area contributed by atoms with Crippen molar-refractivity contribution < 1.29 is 3.10 Å². The molecule has 0 aliphatic carbocycles. The quantitative estimate of drug-likeness (QED) is 0.233. The molecule has 23 heavy (non-hydrogen) atoms. The van der Waals surface area contributed by atoms with E-state index < -0.39 is 26.7 Å². The summed E-state index contributed by atoms with van der Waals surface area (Å²) < 4.78 is 10.1. The zero-order chi connectivity index (χ0) is 17.7. The molecule has 1 saturated heterocycles. The van der Waals surface area contributed by atoms with Gasteiger partial charge in [-0.15, -0.1) is 0 Å². The Morgan fingerprint density at radius 1 is 1.00 bits per heavy atom. The molecule has 0 aromatic carbocycles. The SMILES string of the molecule is CCCCC[C@@H]1O[Te](CC(C)C)(CC(C)C)[C@@H]1C#C[Si](C)(C)C. The number of hydrogen-bond donors (Lipinski definition) is 0. The van der Waals surface area contributed by atoms with Crippen LogP contribution < -0.4 is 0 Å². The Morgan fingerprint density at radius 3 is 2.00 bits per heavy atom. The van der Waals surface area contributed by atoms with Gasteiger partial charge in [0.15, 0.2) is 0 Å². The van der Waals surface area contributed by atoms with Crippen LogP contribution in [0.5, 0.6) is 0 Å². The number of unbranched alkanes of at least 4 members (excludes halogenated alkanes) is 2. The predicted molar refractivity (Wildman–Crippen MR) is 109 cm³/mol. The first-order valence-electron chi connectivity index (χ1n) is 9.58. The molecule has 0 unspecified atom stereocenters. The average Bonchev–Trinajstić information content (AvgIpc) is 2.34. The molecule has 0 N–H and O–H groups in total. The van der Waals surface area contributed by atoms with Crippen LogP contribution in [0.2, 0.25) is 32.5 Å². The van der Waals surface area contributed by atoms with Crippen molar-refractivity contribution in [3.8, 4) is 11.5 Å². The van der Waals surface area contributed by atoms with Crippen molar-refractivity contribution in [2.24, 2.45) is 11.8 Å². The van der Waals surface area contributed by atoms with Crippen molar-refractivity contribution in [1.82, 2.24) is 0 Å². The van der Waals surface area contributed by atoms with E-state index in [0.717, 1.165) is 11.8 Å². The van der Waals surface area contributed by atoms with Gasteiger partial charge in [0.1, 0.15) is 0 Å². The van der Waals surface area contributed by atoms with E-state index in [9.17, 15) is 0 Å². The molecular formula is C20H40OSiTe. The second kappa shape index (κ2) is 9.29. The second-order valence-corrected chi connectivity index (χ2v) is 22.7. The van der Waals surface area contributed by atoms with Crippen LogP contribution in [0.3, 0.4) is 0 Å². The molecule has 1 aliphatic rings. The minimum atomic E-state index is -2.30. The maximum absolute atomic E-state index is 6.78. The van der Waals surface area contributed by atoms with E-state index in [1.807, 2.05) is 0 Å². The summed E-state index contributed by atoms with van der Waals surface area (Å²) in [6.45, 7) is 18.8. The third-order valence-corrected chi connectivity index (χ3v) is 17.6. The number of hydrogen-bond acceptors (Lipinski definition) is 1. The summed E-state index contributed by atoms with van der Waals surface area (Å²) in [4.78, 5) is 0. The van der Waals surface area contributed by atoms with Gasteiger partial charge in [0.05, 0.1) is 0 Å². The van der Waals surface area contributed by atoms with E-state index in [0.29, 0.717) is 10.1 Å². The van der Waals surface area contributed by atoms with Crippen molar-refractivity contribution >= 4 is 26.7 Å². The predicted octanol–water partition coefficient (Wildman–Crippen LogP) is 6.47. The van der Waals surface area contributed by atoms with Crippen LogP contribution in [0.4, 0.5) is 0 Å². The molecule has 0 aromatic rings. The minimum absolute atomic E-state index is 0.462. The third-order valence-electron chi connectivity index (χ3n) is 4.03. The summed E-state index contributed by atoms with van der Waals surface area (Å²) >= 11 is -2.30. The van der Waals surface area contributed by atoms with Crippen molar-refractivity contribution in [3.63, 3.8) is 0 Å². The maximum atomic E-state index is 6.78. The fourth-order valence-corrected chi connectivity index (χ4v) is 17.5. The topological polar surface area (TPSA) is 9.23 Å². The molecule has 0 saturated carbocycles. The third kappa shape index (κ3) is 7.11. The zero-order valence-corrected chi connectivity index (χ0v) is 20.2. The van der Waals surface area contributed by atoms with Gasteiger partial charge < -0.3 is 0 Å². The molecule has 0 radical (unpaired) electrons. The molecule has 0 spiro atoms. The zero-order valence-electron chi connectivity index (χ0n) is 16.9. The summed E-state index contributed by atoms with van der Waals surface area (Å²) in [7, 11) is -1.30. The summed E-state index contributed by atoms with van der Waals surface area (Å²) in [6.07, 6.45) is 5.65. The monoisotopic (exact) mass is 454 g/mol. The Labute approximate surface area is 151 Å². The second-order valence-electron chi connectivity index (χ2n) is 9.06. The molecule has 1 rings (SSSR count). The first-order chi connectivity index (χ1) is 10.6. The van der Waals surface area contributed by atoms with Gasteiger partial charge in [-0.05, 0) is 0 Å². The molecule has 0 amide bonds. The molecular weight excluding hydrogens is 412 g/mol. The van der Waals surface area contributed by atoms with Crippen molar-refractivity contribution in [1.29, 1.82) is 0 Å². The van der Waals surface area contributed by atoms with Gasteiger partial charge in [-0.25, -0.2) is 0 Å². The van der Waals surface area contributed by atoms with E-state index in [-0.39, 0.29) is 0 Å². The van der Waals surface area contributed by atoms with Crippen LogP contribution in [0.25, 0.3) is 0 Å². The Hall–Kier alpha value is 0.526. The van der Waals surface area contributed by atoms with Crippen molar-refractivity contribution in [3.05, 3.63) is 0 Å². The summed E-state index contributed by atoms with van der Waals surface area (Å²) in [5.41, 5.74) is 3.70. The summed E-state index contributed by atoms with van der Waals surface area (Å²) in [5.74, 6) is 5.31. The molecule has 0 aromatic heterocycles. The first-order valence-corrected chi connectivity index (χ1v) is 18.7.